The van der Waals surface area contributed by atoms with E-state index in [1.165, 1.54) is 0 Å². The van der Waals surface area contributed by atoms with Crippen LogP contribution in [0.15, 0.2) is 24.3 Å². The van der Waals surface area contributed by atoms with Gasteiger partial charge in [0.2, 0.25) is 0 Å². The van der Waals surface area contributed by atoms with Gasteiger partial charge in [0, 0.05) is 31.0 Å². The second-order valence-electron chi connectivity index (χ2n) is 8.00. The van der Waals surface area contributed by atoms with Gasteiger partial charge in [-0.2, -0.15) is 0 Å². The van der Waals surface area contributed by atoms with Gasteiger partial charge in [-0.05, 0) is 64.3 Å². The standard InChI is InChI=1S/C20H33N3O4/c1-20(2,3)27-19(26)23-11-5-4-6-17(23)12-21-15-7-9-16(10-8-15)22-13-18(25)14-24/h7-10,17-18,21-22,24-25H,4-6,11-14H2,1-3H3. The number of amides is 1. The van der Waals surface area contributed by atoms with Gasteiger partial charge in [0.25, 0.3) is 0 Å². The minimum absolute atomic E-state index is 0.117. The summed E-state index contributed by atoms with van der Waals surface area (Å²) in [5.74, 6) is 0. The molecular formula is C20H33N3O4. The van der Waals surface area contributed by atoms with E-state index in [-0.39, 0.29) is 18.7 Å². The number of likely N-dealkylation sites (tertiary alicyclic amines) is 1. The predicted molar refractivity (Wildman–Crippen MR) is 107 cm³/mol. The van der Waals surface area contributed by atoms with E-state index in [9.17, 15) is 9.90 Å². The molecule has 2 rings (SSSR count). The van der Waals surface area contributed by atoms with Crippen molar-refractivity contribution in [1.82, 2.24) is 4.90 Å². The van der Waals surface area contributed by atoms with E-state index >= 15 is 0 Å². The largest absolute Gasteiger partial charge is 0.444 e. The van der Waals surface area contributed by atoms with Crippen LogP contribution in [0.25, 0.3) is 0 Å². The SMILES string of the molecule is CC(C)(C)OC(=O)N1CCCCC1CNc1ccc(NCC(O)CO)cc1. The average Bonchev–Trinajstić information content (AvgIpc) is 2.64. The number of anilines is 2. The number of hydrogen-bond donors (Lipinski definition) is 4. The molecule has 1 heterocycles. The highest BCUT2D eigenvalue weighted by atomic mass is 16.6. The molecule has 0 aromatic heterocycles. The van der Waals surface area contributed by atoms with Crippen LogP contribution in [0.5, 0.6) is 0 Å². The summed E-state index contributed by atoms with van der Waals surface area (Å²) in [5.41, 5.74) is 1.36. The Kier molecular flexibility index (Phi) is 7.74. The molecule has 2 atom stereocenters. The molecule has 0 saturated carbocycles. The maximum atomic E-state index is 12.5. The molecular weight excluding hydrogens is 346 g/mol. The lowest BCUT2D eigenvalue weighted by Gasteiger charge is -2.37. The molecule has 7 nitrogen and oxygen atoms in total. The van der Waals surface area contributed by atoms with E-state index in [2.05, 4.69) is 10.6 Å². The van der Waals surface area contributed by atoms with Crippen molar-refractivity contribution in [1.29, 1.82) is 0 Å². The van der Waals surface area contributed by atoms with Gasteiger partial charge < -0.3 is 30.5 Å². The predicted octanol–water partition coefficient (Wildman–Crippen LogP) is 2.65. The minimum Gasteiger partial charge on any atom is -0.444 e. The van der Waals surface area contributed by atoms with Crippen LogP contribution in [-0.2, 0) is 4.74 Å². The van der Waals surface area contributed by atoms with Gasteiger partial charge in [-0.25, -0.2) is 4.79 Å². The van der Waals surface area contributed by atoms with Crippen molar-refractivity contribution >= 4 is 17.5 Å². The van der Waals surface area contributed by atoms with Crippen LogP contribution in [0.4, 0.5) is 16.2 Å². The highest BCUT2D eigenvalue weighted by Gasteiger charge is 2.30. The Morgan fingerprint density at radius 3 is 2.44 bits per heavy atom. The highest BCUT2D eigenvalue weighted by Crippen LogP contribution is 2.21. The quantitative estimate of drug-likeness (QED) is 0.582. The normalized spacial score (nSPS) is 18.7. The average molecular weight is 380 g/mol. The molecule has 2 unspecified atom stereocenters. The van der Waals surface area contributed by atoms with Crippen molar-refractivity contribution in [2.24, 2.45) is 0 Å². The van der Waals surface area contributed by atoms with E-state index in [0.29, 0.717) is 13.1 Å². The summed E-state index contributed by atoms with van der Waals surface area (Å²) in [6, 6.07) is 7.85. The van der Waals surface area contributed by atoms with Crippen molar-refractivity contribution in [3.05, 3.63) is 24.3 Å². The van der Waals surface area contributed by atoms with Crippen molar-refractivity contribution < 1.29 is 19.7 Å². The summed E-state index contributed by atoms with van der Waals surface area (Å²) in [7, 11) is 0. The van der Waals surface area contributed by atoms with Crippen molar-refractivity contribution in [2.75, 3.05) is 36.9 Å². The number of benzene rings is 1. The molecule has 152 valence electrons. The molecule has 0 aliphatic carbocycles. The molecule has 1 aromatic carbocycles. The molecule has 1 fully saturated rings. The third kappa shape index (κ3) is 7.27. The summed E-state index contributed by atoms with van der Waals surface area (Å²) in [6.07, 6.45) is 2.08. The number of ether oxygens (including phenoxy) is 1. The monoisotopic (exact) mass is 379 g/mol. The minimum atomic E-state index is -0.770. The Morgan fingerprint density at radius 1 is 1.22 bits per heavy atom. The molecule has 7 heteroatoms. The zero-order valence-electron chi connectivity index (χ0n) is 16.6. The van der Waals surface area contributed by atoms with Crippen LogP contribution in [0.2, 0.25) is 0 Å². The van der Waals surface area contributed by atoms with Crippen LogP contribution in [0.3, 0.4) is 0 Å². The van der Waals surface area contributed by atoms with E-state index in [1.54, 1.807) is 0 Å². The molecule has 0 bridgehead atoms. The molecule has 4 N–H and O–H groups in total. The second-order valence-corrected chi connectivity index (χ2v) is 8.00. The number of aliphatic hydroxyl groups is 2. The van der Waals surface area contributed by atoms with Crippen LogP contribution in [0, 0.1) is 0 Å². The molecule has 0 radical (unpaired) electrons. The second kappa shape index (κ2) is 9.80. The first-order valence-corrected chi connectivity index (χ1v) is 9.65. The van der Waals surface area contributed by atoms with Gasteiger partial charge in [-0.1, -0.05) is 0 Å². The summed E-state index contributed by atoms with van der Waals surface area (Å²) in [4.78, 5) is 14.3. The van der Waals surface area contributed by atoms with Gasteiger partial charge in [0.15, 0.2) is 0 Å². The van der Waals surface area contributed by atoms with Crippen molar-refractivity contribution in [2.45, 2.75) is 57.8 Å². The van der Waals surface area contributed by atoms with Crippen LogP contribution in [0.1, 0.15) is 40.0 Å². The molecule has 1 saturated heterocycles. The third-order valence-corrected chi connectivity index (χ3v) is 4.43. The first kappa shape index (κ1) is 21.3. The van der Waals surface area contributed by atoms with E-state index < -0.39 is 11.7 Å². The van der Waals surface area contributed by atoms with Crippen LogP contribution >= 0.6 is 0 Å². The smallest absolute Gasteiger partial charge is 0.410 e. The first-order valence-electron chi connectivity index (χ1n) is 9.65. The Balaban J connectivity index is 1.87. The zero-order valence-corrected chi connectivity index (χ0v) is 16.6. The maximum Gasteiger partial charge on any atom is 0.410 e. The van der Waals surface area contributed by atoms with E-state index in [0.717, 1.165) is 37.2 Å². The van der Waals surface area contributed by atoms with Crippen molar-refractivity contribution in [3.63, 3.8) is 0 Å². The third-order valence-electron chi connectivity index (χ3n) is 4.43. The molecule has 1 aliphatic rings. The zero-order chi connectivity index (χ0) is 19.9. The Hall–Kier alpha value is -1.99. The number of piperidine rings is 1. The topological polar surface area (TPSA) is 94.1 Å². The molecule has 1 amide bonds. The first-order chi connectivity index (χ1) is 12.8. The van der Waals surface area contributed by atoms with Gasteiger partial charge in [-0.15, -0.1) is 0 Å². The van der Waals surface area contributed by atoms with Crippen molar-refractivity contribution in [3.8, 4) is 0 Å². The molecule has 0 spiro atoms. The summed E-state index contributed by atoms with van der Waals surface area (Å²) < 4.78 is 5.54. The summed E-state index contributed by atoms with van der Waals surface area (Å²) in [6.45, 7) is 7.11. The highest BCUT2D eigenvalue weighted by molar-refractivity contribution is 5.69. The number of hydrogen-bond acceptors (Lipinski definition) is 6. The van der Waals surface area contributed by atoms with Gasteiger partial charge >= 0.3 is 6.09 Å². The van der Waals surface area contributed by atoms with Crippen LogP contribution < -0.4 is 10.6 Å². The molecule has 1 aromatic rings. The Morgan fingerprint density at radius 2 is 1.85 bits per heavy atom. The van der Waals surface area contributed by atoms with Gasteiger partial charge in [0.1, 0.15) is 5.60 Å². The molecule has 1 aliphatic heterocycles. The molecule has 27 heavy (non-hydrogen) atoms. The number of aliphatic hydroxyl groups excluding tert-OH is 2. The van der Waals surface area contributed by atoms with E-state index in [1.807, 2.05) is 49.9 Å². The lowest BCUT2D eigenvalue weighted by Crippen LogP contribution is -2.48. The fourth-order valence-electron chi connectivity index (χ4n) is 3.02. The lowest BCUT2D eigenvalue weighted by molar-refractivity contribution is 0.0114. The maximum absolute atomic E-state index is 12.5. The van der Waals surface area contributed by atoms with Crippen LogP contribution in [-0.4, -0.2) is 65.2 Å². The number of carbonyl (C=O) groups is 1. The Labute approximate surface area is 161 Å². The fourth-order valence-corrected chi connectivity index (χ4v) is 3.02. The van der Waals surface area contributed by atoms with Gasteiger partial charge in [0.05, 0.1) is 18.8 Å². The van der Waals surface area contributed by atoms with E-state index in [4.69, 9.17) is 9.84 Å². The number of nitrogens with zero attached hydrogens (tertiary/aromatic N) is 1. The lowest BCUT2D eigenvalue weighted by atomic mass is 10.0. The fraction of sp³-hybridized carbons (Fsp3) is 0.650. The number of carbonyl (C=O) groups excluding carboxylic acids is 1. The Bertz CT molecular complexity index is 586. The summed E-state index contributed by atoms with van der Waals surface area (Å²) >= 11 is 0. The number of rotatable bonds is 7. The summed E-state index contributed by atoms with van der Waals surface area (Å²) in [5, 5.41) is 24.7. The van der Waals surface area contributed by atoms with Gasteiger partial charge in [-0.3, -0.25) is 0 Å². The number of nitrogens with one attached hydrogen (secondary N) is 2.